The maximum atomic E-state index is 12.2. The normalized spacial score (nSPS) is 11.7. The van der Waals surface area contributed by atoms with Crippen molar-refractivity contribution in [2.24, 2.45) is 0 Å². The fourth-order valence-electron chi connectivity index (χ4n) is 2.13. The van der Waals surface area contributed by atoms with Crippen LogP contribution in [-0.2, 0) is 5.41 Å². The van der Waals surface area contributed by atoms with Gasteiger partial charge >= 0.3 is 0 Å². The van der Waals surface area contributed by atoms with Crippen molar-refractivity contribution in [1.29, 1.82) is 0 Å². The number of carbonyl (C=O) groups excluding carboxylic acids is 1. The summed E-state index contributed by atoms with van der Waals surface area (Å²) in [6.45, 7) is 6.13. The summed E-state index contributed by atoms with van der Waals surface area (Å²) in [6.07, 6.45) is 0. The molecule has 0 aliphatic carbocycles. The molecule has 1 heterocycles. The van der Waals surface area contributed by atoms with Crippen LogP contribution in [0, 0.1) is 0 Å². The highest BCUT2D eigenvalue weighted by Gasteiger charge is 2.21. The predicted octanol–water partition coefficient (Wildman–Crippen LogP) is 5.03. The van der Waals surface area contributed by atoms with E-state index in [1.54, 1.807) is 30.3 Å². The van der Waals surface area contributed by atoms with E-state index in [9.17, 15) is 4.79 Å². The Hall–Kier alpha value is -2.33. The molecule has 0 unspecified atom stereocenters. The van der Waals surface area contributed by atoms with E-state index in [1.807, 2.05) is 32.9 Å². The Morgan fingerprint density at radius 2 is 1.83 bits per heavy atom. The third-order valence-electron chi connectivity index (χ3n) is 3.39. The van der Waals surface area contributed by atoms with Crippen LogP contribution in [0.4, 0.5) is 5.69 Å². The van der Waals surface area contributed by atoms with Gasteiger partial charge in [-0.15, -0.1) is 0 Å². The Kier molecular flexibility index (Phi) is 3.86. The Morgan fingerprint density at radius 1 is 1.13 bits per heavy atom. The summed E-state index contributed by atoms with van der Waals surface area (Å²) in [7, 11) is 0. The topological polar surface area (TPSA) is 55.1 Å². The van der Waals surface area contributed by atoms with Crippen LogP contribution in [-0.4, -0.2) is 10.9 Å². The van der Waals surface area contributed by atoms with Gasteiger partial charge in [0.2, 0.25) is 5.89 Å². The van der Waals surface area contributed by atoms with E-state index in [2.05, 4.69) is 10.3 Å². The molecule has 0 bridgehead atoms. The van der Waals surface area contributed by atoms with Crippen LogP contribution in [0.3, 0.4) is 0 Å². The lowest BCUT2D eigenvalue weighted by molar-refractivity contribution is 0.102. The molecule has 0 atom stereocenters. The lowest BCUT2D eigenvalue weighted by Crippen LogP contribution is -2.11. The van der Waals surface area contributed by atoms with Gasteiger partial charge in [-0.05, 0) is 42.5 Å². The van der Waals surface area contributed by atoms with Gasteiger partial charge in [0.25, 0.3) is 5.91 Å². The molecule has 1 aromatic heterocycles. The van der Waals surface area contributed by atoms with Gasteiger partial charge in [-0.1, -0.05) is 32.4 Å². The summed E-state index contributed by atoms with van der Waals surface area (Å²) in [5, 5.41) is 3.45. The van der Waals surface area contributed by atoms with Crippen molar-refractivity contribution < 1.29 is 9.21 Å². The van der Waals surface area contributed by atoms with Crippen LogP contribution in [0.5, 0.6) is 0 Å². The molecule has 4 nitrogen and oxygen atoms in total. The molecule has 0 saturated carbocycles. The number of benzene rings is 2. The summed E-state index contributed by atoms with van der Waals surface area (Å²) < 4.78 is 5.75. The van der Waals surface area contributed by atoms with Crippen molar-refractivity contribution in [1.82, 2.24) is 4.98 Å². The lowest BCUT2D eigenvalue weighted by atomic mass is 9.97. The number of hydrogen-bond donors (Lipinski definition) is 1. The molecule has 3 rings (SSSR count). The van der Waals surface area contributed by atoms with Gasteiger partial charge in [0.05, 0.1) is 0 Å². The second-order valence-electron chi connectivity index (χ2n) is 6.41. The first-order valence-electron chi connectivity index (χ1n) is 7.31. The molecule has 5 heteroatoms. The fourth-order valence-corrected chi connectivity index (χ4v) is 2.26. The number of oxazole rings is 1. The quantitative estimate of drug-likeness (QED) is 0.717. The first kappa shape index (κ1) is 15.6. The summed E-state index contributed by atoms with van der Waals surface area (Å²) in [5.74, 6) is 0.481. The van der Waals surface area contributed by atoms with Gasteiger partial charge in [0, 0.05) is 21.7 Å². The van der Waals surface area contributed by atoms with Crippen LogP contribution in [0.2, 0.25) is 5.02 Å². The van der Waals surface area contributed by atoms with E-state index >= 15 is 0 Å². The summed E-state index contributed by atoms with van der Waals surface area (Å²) in [5.41, 5.74) is 2.49. The molecule has 118 valence electrons. The zero-order valence-corrected chi connectivity index (χ0v) is 13.9. The summed E-state index contributed by atoms with van der Waals surface area (Å²) >= 11 is 5.83. The molecule has 2 aromatic carbocycles. The molecule has 1 amide bonds. The van der Waals surface area contributed by atoms with Crippen molar-refractivity contribution >= 4 is 34.3 Å². The Morgan fingerprint density at radius 3 is 2.48 bits per heavy atom. The molecule has 23 heavy (non-hydrogen) atoms. The van der Waals surface area contributed by atoms with Crippen molar-refractivity contribution in [2.75, 3.05) is 5.32 Å². The molecule has 0 spiro atoms. The number of nitrogens with one attached hydrogen (secondary N) is 1. The summed E-state index contributed by atoms with van der Waals surface area (Å²) in [6, 6.07) is 12.2. The number of nitrogens with zero attached hydrogens (tertiary/aromatic N) is 1. The molecule has 0 aliphatic rings. The second-order valence-corrected chi connectivity index (χ2v) is 6.85. The number of halogens is 1. The number of aromatic nitrogens is 1. The third kappa shape index (κ3) is 3.37. The van der Waals surface area contributed by atoms with E-state index < -0.39 is 0 Å². The van der Waals surface area contributed by atoms with Crippen LogP contribution >= 0.6 is 11.6 Å². The van der Waals surface area contributed by atoms with Crippen molar-refractivity contribution in [2.45, 2.75) is 26.2 Å². The van der Waals surface area contributed by atoms with Gasteiger partial charge < -0.3 is 9.73 Å². The first-order chi connectivity index (χ1) is 10.8. The first-order valence-corrected chi connectivity index (χ1v) is 7.69. The molecule has 0 saturated heterocycles. The lowest BCUT2D eigenvalue weighted by Gasteiger charge is -2.11. The predicted molar refractivity (Wildman–Crippen MR) is 92.1 cm³/mol. The average Bonchev–Trinajstić information content (AvgIpc) is 2.91. The highest BCUT2D eigenvalue weighted by Crippen LogP contribution is 2.27. The summed E-state index contributed by atoms with van der Waals surface area (Å²) in [4.78, 5) is 16.7. The molecule has 0 aliphatic heterocycles. The molecule has 1 N–H and O–H groups in total. The number of anilines is 1. The monoisotopic (exact) mass is 328 g/mol. The number of rotatable bonds is 2. The molecule has 3 aromatic rings. The average molecular weight is 329 g/mol. The van der Waals surface area contributed by atoms with Gasteiger partial charge in [0.15, 0.2) is 5.58 Å². The third-order valence-corrected chi connectivity index (χ3v) is 3.65. The maximum absolute atomic E-state index is 12.2. The van der Waals surface area contributed by atoms with E-state index in [0.29, 0.717) is 27.7 Å². The van der Waals surface area contributed by atoms with Gasteiger partial charge in [-0.2, -0.15) is 0 Å². The van der Waals surface area contributed by atoms with Gasteiger partial charge in [0.1, 0.15) is 5.52 Å². The highest BCUT2D eigenvalue weighted by molar-refractivity contribution is 6.30. The van der Waals surface area contributed by atoms with Crippen LogP contribution < -0.4 is 5.32 Å². The molecular weight excluding hydrogens is 312 g/mol. The minimum atomic E-state index is -0.194. The zero-order valence-electron chi connectivity index (χ0n) is 13.2. The zero-order chi connectivity index (χ0) is 16.6. The van der Waals surface area contributed by atoms with E-state index in [-0.39, 0.29) is 11.3 Å². The van der Waals surface area contributed by atoms with E-state index in [4.69, 9.17) is 16.0 Å². The minimum Gasteiger partial charge on any atom is -0.440 e. The maximum Gasteiger partial charge on any atom is 0.255 e. The smallest absolute Gasteiger partial charge is 0.255 e. The van der Waals surface area contributed by atoms with Crippen LogP contribution in [0.1, 0.15) is 37.0 Å². The largest absolute Gasteiger partial charge is 0.440 e. The fraction of sp³-hybridized carbons (Fsp3) is 0.222. The Balaban J connectivity index is 1.85. The van der Waals surface area contributed by atoms with Crippen molar-refractivity contribution in [3.05, 3.63) is 58.9 Å². The Bertz CT molecular complexity index is 861. The van der Waals surface area contributed by atoms with Crippen LogP contribution in [0.25, 0.3) is 11.1 Å². The van der Waals surface area contributed by atoms with Crippen molar-refractivity contribution in [3.63, 3.8) is 0 Å². The molecule has 0 radical (unpaired) electrons. The van der Waals surface area contributed by atoms with E-state index in [1.165, 1.54) is 0 Å². The number of hydrogen-bond acceptors (Lipinski definition) is 3. The SMILES string of the molecule is CC(C)(C)c1nc2cc(NC(=O)c3ccc(Cl)cc3)ccc2o1. The molecular formula is C18H17ClN2O2. The standard InChI is InChI=1S/C18H17ClN2O2/c1-18(2,3)17-21-14-10-13(8-9-15(14)23-17)20-16(22)11-4-6-12(19)7-5-11/h4-10H,1-3H3,(H,20,22). The Labute approximate surface area is 139 Å². The molecule has 0 fully saturated rings. The number of amides is 1. The van der Waals surface area contributed by atoms with Crippen LogP contribution in [0.15, 0.2) is 46.9 Å². The minimum absolute atomic E-state index is 0.161. The number of fused-ring (bicyclic) bond motifs is 1. The second kappa shape index (κ2) is 5.70. The highest BCUT2D eigenvalue weighted by atomic mass is 35.5. The van der Waals surface area contributed by atoms with Gasteiger partial charge in [-0.25, -0.2) is 4.98 Å². The van der Waals surface area contributed by atoms with Gasteiger partial charge in [-0.3, -0.25) is 4.79 Å². The number of carbonyl (C=O) groups is 1. The van der Waals surface area contributed by atoms with Crippen molar-refractivity contribution in [3.8, 4) is 0 Å². The van der Waals surface area contributed by atoms with E-state index in [0.717, 1.165) is 5.52 Å².